The highest BCUT2D eigenvalue weighted by Crippen LogP contribution is 2.20. The first-order valence-corrected chi connectivity index (χ1v) is 6.80. The molecule has 0 N–H and O–H groups in total. The highest BCUT2D eigenvalue weighted by molar-refractivity contribution is 6.07. The monoisotopic (exact) mass is 273 g/mol. The number of Topliss-reactive ketones (excluding diaryl/α,β-unsaturated/α-hetero) is 1. The normalized spacial score (nSPS) is 12.6. The Kier molecular flexibility index (Phi) is 5.26. The maximum Gasteiger partial charge on any atom is 0.231 e. The van der Waals surface area contributed by atoms with E-state index in [4.69, 9.17) is 0 Å². The third-order valence-corrected chi connectivity index (χ3v) is 3.15. The van der Waals surface area contributed by atoms with Crippen LogP contribution in [0.4, 0.5) is 0 Å². The Bertz CT molecular complexity index is 485. The van der Waals surface area contributed by atoms with Gasteiger partial charge < -0.3 is 4.90 Å². The standard InChI is InChI=1S/C17H23NO2/c1-6-13(2)18(17(3,4)5)16(20)12-15(19)14-10-8-7-9-11-14/h6-11,13H,1,12H2,2-5H3. The summed E-state index contributed by atoms with van der Waals surface area (Å²) in [6.45, 7) is 11.5. The average Bonchev–Trinajstić information content (AvgIpc) is 2.37. The maximum atomic E-state index is 12.4. The zero-order valence-corrected chi connectivity index (χ0v) is 12.7. The summed E-state index contributed by atoms with van der Waals surface area (Å²) in [6, 6.07) is 8.80. The molecule has 0 aliphatic heterocycles. The van der Waals surface area contributed by atoms with E-state index in [0.717, 1.165) is 0 Å². The molecule has 0 aromatic heterocycles. The van der Waals surface area contributed by atoms with E-state index in [0.29, 0.717) is 5.56 Å². The van der Waals surface area contributed by atoms with Crippen LogP contribution < -0.4 is 0 Å². The minimum atomic E-state index is -0.346. The molecule has 0 aliphatic rings. The SMILES string of the molecule is C=CC(C)N(C(=O)CC(=O)c1ccccc1)C(C)(C)C. The van der Waals surface area contributed by atoms with Gasteiger partial charge in [-0.15, -0.1) is 6.58 Å². The Labute approximate surface area is 121 Å². The Morgan fingerprint density at radius 2 is 1.80 bits per heavy atom. The third-order valence-electron chi connectivity index (χ3n) is 3.15. The predicted octanol–water partition coefficient (Wildman–Crippen LogP) is 3.46. The van der Waals surface area contributed by atoms with Crippen molar-refractivity contribution < 1.29 is 9.59 Å². The summed E-state index contributed by atoms with van der Waals surface area (Å²) in [5.74, 6) is -0.320. The summed E-state index contributed by atoms with van der Waals surface area (Å²) in [5.41, 5.74) is 0.225. The topological polar surface area (TPSA) is 37.4 Å². The van der Waals surface area contributed by atoms with Crippen molar-refractivity contribution in [3.8, 4) is 0 Å². The zero-order chi connectivity index (χ0) is 15.3. The number of ketones is 1. The van der Waals surface area contributed by atoms with Crippen LogP contribution in [0.2, 0.25) is 0 Å². The van der Waals surface area contributed by atoms with Crippen LogP contribution in [-0.2, 0) is 4.79 Å². The van der Waals surface area contributed by atoms with E-state index in [2.05, 4.69) is 6.58 Å². The number of rotatable bonds is 5. The molecule has 0 fully saturated rings. The van der Waals surface area contributed by atoms with Crippen LogP contribution in [0.5, 0.6) is 0 Å². The fraction of sp³-hybridized carbons (Fsp3) is 0.412. The lowest BCUT2D eigenvalue weighted by Crippen LogP contribution is -2.50. The maximum absolute atomic E-state index is 12.4. The smallest absolute Gasteiger partial charge is 0.231 e. The lowest BCUT2D eigenvalue weighted by Gasteiger charge is -2.39. The van der Waals surface area contributed by atoms with Gasteiger partial charge in [-0.3, -0.25) is 9.59 Å². The van der Waals surface area contributed by atoms with Gasteiger partial charge in [-0.2, -0.15) is 0 Å². The van der Waals surface area contributed by atoms with Gasteiger partial charge in [0.1, 0.15) is 0 Å². The van der Waals surface area contributed by atoms with E-state index in [1.54, 1.807) is 35.2 Å². The molecule has 1 unspecified atom stereocenters. The van der Waals surface area contributed by atoms with Gasteiger partial charge in [0.15, 0.2) is 5.78 Å². The molecule has 1 amide bonds. The molecular weight excluding hydrogens is 250 g/mol. The number of amides is 1. The molecular formula is C17H23NO2. The first-order chi connectivity index (χ1) is 9.27. The summed E-state index contributed by atoms with van der Waals surface area (Å²) >= 11 is 0. The molecule has 3 heteroatoms. The Morgan fingerprint density at radius 3 is 2.25 bits per heavy atom. The van der Waals surface area contributed by atoms with Crippen LogP contribution in [0.3, 0.4) is 0 Å². The largest absolute Gasteiger partial charge is 0.331 e. The van der Waals surface area contributed by atoms with Crippen molar-refractivity contribution in [3.05, 3.63) is 48.6 Å². The summed E-state index contributed by atoms with van der Waals surface area (Å²) in [4.78, 5) is 26.3. The van der Waals surface area contributed by atoms with E-state index >= 15 is 0 Å². The molecule has 1 aromatic rings. The van der Waals surface area contributed by atoms with Crippen molar-refractivity contribution in [1.82, 2.24) is 4.90 Å². The van der Waals surface area contributed by atoms with Crippen LogP contribution in [0.15, 0.2) is 43.0 Å². The van der Waals surface area contributed by atoms with E-state index in [1.165, 1.54) is 0 Å². The molecule has 108 valence electrons. The van der Waals surface area contributed by atoms with Crippen molar-refractivity contribution in [2.45, 2.75) is 45.7 Å². The number of carbonyl (C=O) groups is 2. The predicted molar refractivity (Wildman–Crippen MR) is 81.6 cm³/mol. The lowest BCUT2D eigenvalue weighted by atomic mass is 10.0. The second kappa shape index (κ2) is 6.51. The fourth-order valence-electron chi connectivity index (χ4n) is 2.27. The van der Waals surface area contributed by atoms with Crippen LogP contribution in [0.1, 0.15) is 44.5 Å². The van der Waals surface area contributed by atoms with Gasteiger partial charge in [0.25, 0.3) is 0 Å². The summed E-state index contributed by atoms with van der Waals surface area (Å²) in [6.07, 6.45) is 1.61. The molecule has 1 rings (SSSR count). The van der Waals surface area contributed by atoms with Crippen molar-refractivity contribution in [1.29, 1.82) is 0 Å². The van der Waals surface area contributed by atoms with Gasteiger partial charge in [-0.05, 0) is 27.7 Å². The van der Waals surface area contributed by atoms with Crippen LogP contribution >= 0.6 is 0 Å². The van der Waals surface area contributed by atoms with E-state index in [9.17, 15) is 9.59 Å². The molecule has 0 radical (unpaired) electrons. The molecule has 0 saturated heterocycles. The van der Waals surface area contributed by atoms with Crippen molar-refractivity contribution in [2.24, 2.45) is 0 Å². The molecule has 0 spiro atoms. The quantitative estimate of drug-likeness (QED) is 0.468. The number of hydrogen-bond donors (Lipinski definition) is 0. The second-order valence-electron chi connectivity index (χ2n) is 5.88. The molecule has 0 aliphatic carbocycles. The van der Waals surface area contributed by atoms with Crippen LogP contribution in [0.25, 0.3) is 0 Å². The Hall–Kier alpha value is -1.90. The Balaban J connectivity index is 2.87. The minimum absolute atomic E-state index is 0.105. The van der Waals surface area contributed by atoms with Gasteiger partial charge in [0.2, 0.25) is 5.91 Å². The average molecular weight is 273 g/mol. The third kappa shape index (κ3) is 4.05. The first-order valence-electron chi connectivity index (χ1n) is 6.80. The lowest BCUT2D eigenvalue weighted by molar-refractivity contribution is -0.136. The summed E-state index contributed by atoms with van der Waals surface area (Å²) in [5, 5.41) is 0. The molecule has 3 nitrogen and oxygen atoms in total. The Morgan fingerprint density at radius 1 is 1.25 bits per heavy atom. The molecule has 0 heterocycles. The molecule has 0 bridgehead atoms. The minimum Gasteiger partial charge on any atom is -0.331 e. The number of nitrogens with zero attached hydrogens (tertiary/aromatic N) is 1. The van der Waals surface area contributed by atoms with E-state index in [-0.39, 0.29) is 29.7 Å². The number of hydrogen-bond acceptors (Lipinski definition) is 2. The van der Waals surface area contributed by atoms with Crippen molar-refractivity contribution in [2.75, 3.05) is 0 Å². The van der Waals surface area contributed by atoms with E-state index < -0.39 is 0 Å². The highest BCUT2D eigenvalue weighted by atomic mass is 16.2. The van der Waals surface area contributed by atoms with Crippen LogP contribution in [0, 0.1) is 0 Å². The molecule has 0 saturated carbocycles. The summed E-state index contributed by atoms with van der Waals surface area (Å²) < 4.78 is 0. The van der Waals surface area contributed by atoms with Crippen molar-refractivity contribution in [3.63, 3.8) is 0 Å². The van der Waals surface area contributed by atoms with Gasteiger partial charge in [0, 0.05) is 17.1 Å². The number of carbonyl (C=O) groups excluding carboxylic acids is 2. The summed E-state index contributed by atoms with van der Waals surface area (Å²) in [7, 11) is 0. The van der Waals surface area contributed by atoms with Crippen LogP contribution in [-0.4, -0.2) is 28.2 Å². The molecule has 1 aromatic carbocycles. The highest BCUT2D eigenvalue weighted by Gasteiger charge is 2.30. The van der Waals surface area contributed by atoms with Gasteiger partial charge in [0.05, 0.1) is 6.42 Å². The van der Waals surface area contributed by atoms with Gasteiger partial charge in [-0.1, -0.05) is 36.4 Å². The molecule has 20 heavy (non-hydrogen) atoms. The second-order valence-corrected chi connectivity index (χ2v) is 5.88. The zero-order valence-electron chi connectivity index (χ0n) is 12.7. The first kappa shape index (κ1) is 16.2. The molecule has 1 atom stereocenters. The number of benzene rings is 1. The van der Waals surface area contributed by atoms with E-state index in [1.807, 2.05) is 33.8 Å². The fourth-order valence-corrected chi connectivity index (χ4v) is 2.27. The van der Waals surface area contributed by atoms with Gasteiger partial charge in [-0.25, -0.2) is 0 Å². The van der Waals surface area contributed by atoms with Crippen molar-refractivity contribution >= 4 is 11.7 Å². The van der Waals surface area contributed by atoms with Gasteiger partial charge >= 0.3 is 0 Å².